The maximum Gasteiger partial charge on any atom is 0.173 e. The molecule has 4 rings (SSSR count). The number of rotatable bonds is 4. The number of nitrogens with two attached hydrogens (primary N) is 1. The third-order valence-corrected chi connectivity index (χ3v) is 8.63. The van der Waals surface area contributed by atoms with Gasteiger partial charge in [-0.1, -0.05) is 24.2 Å². The van der Waals surface area contributed by atoms with Gasteiger partial charge < -0.3 is 15.4 Å². The number of Topliss-reactive ketones (excluding diaryl/α,β-unsaturated/α-hetero) is 1. The Morgan fingerprint density at radius 2 is 2.00 bits per heavy atom. The number of carbonyl (C=O) groups excluding carboxylic acids is 1. The Bertz CT molecular complexity index is 726. The van der Waals surface area contributed by atoms with Crippen LogP contribution >= 0.6 is 0 Å². The fourth-order valence-corrected chi connectivity index (χ4v) is 7.11. The Kier molecular flexibility index (Phi) is 5.47. The summed E-state index contributed by atoms with van der Waals surface area (Å²) in [5.74, 6) is 0.951. The Morgan fingerprint density at radius 1 is 1.21 bits per heavy atom. The fraction of sp³-hybridized carbons (Fsp3) is 0.864. The van der Waals surface area contributed by atoms with E-state index in [0.717, 1.165) is 49.9 Å². The van der Waals surface area contributed by atoms with Gasteiger partial charge in [-0.15, -0.1) is 0 Å². The van der Waals surface area contributed by atoms with Crippen LogP contribution < -0.4 is 5.73 Å². The van der Waals surface area contributed by atoms with Crippen molar-refractivity contribution < 1.29 is 18.9 Å². The highest BCUT2D eigenvalue weighted by atomic mass is 19.1. The van der Waals surface area contributed by atoms with E-state index in [1.807, 2.05) is 6.92 Å². The molecule has 2 N–H and O–H groups in total. The van der Waals surface area contributed by atoms with Crippen LogP contribution in [-0.2, 0) is 14.5 Å². The molecule has 0 bridgehead atoms. The van der Waals surface area contributed by atoms with Gasteiger partial charge in [0.25, 0.3) is 0 Å². The summed E-state index contributed by atoms with van der Waals surface area (Å²) in [5.41, 5.74) is 7.15. The molecule has 0 spiro atoms. The van der Waals surface area contributed by atoms with Gasteiger partial charge in [0.2, 0.25) is 0 Å². The van der Waals surface area contributed by atoms with Crippen molar-refractivity contribution in [2.45, 2.75) is 65.0 Å². The van der Waals surface area contributed by atoms with Crippen LogP contribution in [0.2, 0.25) is 0 Å². The van der Waals surface area contributed by atoms with Crippen molar-refractivity contribution in [1.29, 1.82) is 0 Å². The van der Waals surface area contributed by atoms with Gasteiger partial charge in [0.1, 0.15) is 13.7 Å². The molecular weight excluding hydrogens is 373 g/mol. The minimum atomic E-state index is -1.30. The lowest BCUT2D eigenvalue weighted by molar-refractivity contribution is -0.135. The minimum Gasteiger partial charge on any atom is -0.399 e. The van der Waals surface area contributed by atoms with Crippen molar-refractivity contribution in [3.63, 3.8) is 0 Å². The smallest absolute Gasteiger partial charge is 0.173 e. The van der Waals surface area contributed by atoms with Crippen LogP contribution in [0, 0.1) is 34.5 Å². The van der Waals surface area contributed by atoms with Crippen molar-refractivity contribution in [1.82, 2.24) is 0 Å². The fourth-order valence-electron chi connectivity index (χ4n) is 7.11. The maximum atomic E-state index is 14.5. The average molecular weight is 408 g/mol. The number of hydrogen-bond acceptors (Lipinski definition) is 6. The largest absolute Gasteiger partial charge is 0.399 e. The molecule has 4 aliphatic rings. The van der Waals surface area contributed by atoms with Crippen molar-refractivity contribution in [3.05, 3.63) is 0 Å². The summed E-state index contributed by atoms with van der Waals surface area (Å²) in [6.07, 6.45) is 4.36. The van der Waals surface area contributed by atoms with E-state index in [4.69, 9.17) is 15.4 Å². The molecule has 0 radical (unpaired) electrons. The van der Waals surface area contributed by atoms with Crippen molar-refractivity contribution >= 4 is 17.2 Å². The van der Waals surface area contributed by atoms with Gasteiger partial charge >= 0.3 is 0 Å². The van der Waals surface area contributed by atoms with Crippen LogP contribution in [0.25, 0.3) is 0 Å². The third kappa shape index (κ3) is 3.20. The van der Waals surface area contributed by atoms with Gasteiger partial charge in [-0.3, -0.25) is 4.79 Å². The van der Waals surface area contributed by atoms with Gasteiger partial charge in [-0.05, 0) is 68.1 Å². The first-order valence-electron chi connectivity index (χ1n) is 11.0. The van der Waals surface area contributed by atoms with Gasteiger partial charge in [-0.2, -0.15) is 0 Å². The minimum absolute atomic E-state index is 0.0615. The second-order valence-electron chi connectivity index (χ2n) is 9.91. The molecule has 4 aliphatic carbocycles. The molecule has 7 heteroatoms. The summed E-state index contributed by atoms with van der Waals surface area (Å²) >= 11 is 0. The zero-order valence-electron chi connectivity index (χ0n) is 17.8. The summed E-state index contributed by atoms with van der Waals surface area (Å²) in [6, 6.07) is 0. The molecule has 162 valence electrons. The predicted octanol–water partition coefficient (Wildman–Crippen LogP) is 3.49. The predicted molar refractivity (Wildman–Crippen MR) is 109 cm³/mol. The lowest BCUT2D eigenvalue weighted by Crippen LogP contribution is -2.56. The Labute approximate surface area is 172 Å². The molecule has 5 unspecified atom stereocenters. The molecular formula is C22H34FN3O3. The molecule has 0 aromatic rings. The topological polar surface area (TPSA) is 86.3 Å². The van der Waals surface area contributed by atoms with Gasteiger partial charge in [0, 0.05) is 17.9 Å². The highest BCUT2D eigenvalue weighted by Crippen LogP contribution is 2.64. The number of ketones is 1. The summed E-state index contributed by atoms with van der Waals surface area (Å²) in [6.45, 7) is 5.24. The molecule has 6 nitrogen and oxygen atoms in total. The van der Waals surface area contributed by atoms with Crippen LogP contribution in [0.15, 0.2) is 10.3 Å². The van der Waals surface area contributed by atoms with Crippen molar-refractivity contribution in [3.8, 4) is 0 Å². The number of alkyl halides is 1. The quantitative estimate of drug-likeness (QED) is 0.571. The number of halogens is 1. The molecule has 0 aromatic heterocycles. The normalized spacial score (nSPS) is 46.9. The van der Waals surface area contributed by atoms with Gasteiger partial charge in [0.05, 0.1) is 11.4 Å². The van der Waals surface area contributed by atoms with Crippen molar-refractivity contribution in [2.24, 2.45) is 50.5 Å². The lowest BCUT2D eigenvalue weighted by Gasteiger charge is -2.59. The van der Waals surface area contributed by atoms with E-state index in [9.17, 15) is 9.18 Å². The number of carbonyl (C=O) groups is 1. The summed E-state index contributed by atoms with van der Waals surface area (Å²) < 4.78 is 14.5. The maximum absolute atomic E-state index is 14.5. The molecule has 29 heavy (non-hydrogen) atoms. The third-order valence-electron chi connectivity index (χ3n) is 8.63. The first-order chi connectivity index (χ1) is 13.8. The van der Waals surface area contributed by atoms with Gasteiger partial charge in [0.15, 0.2) is 12.0 Å². The van der Waals surface area contributed by atoms with Crippen LogP contribution in [-0.4, -0.2) is 43.6 Å². The molecule has 0 aliphatic heterocycles. The monoisotopic (exact) mass is 407 g/mol. The number of nitrogens with zero attached hydrogens (tertiary/aromatic N) is 2. The van der Waals surface area contributed by atoms with E-state index in [2.05, 4.69) is 17.2 Å². The van der Waals surface area contributed by atoms with Crippen LogP contribution in [0.3, 0.4) is 0 Å². The Morgan fingerprint density at radius 3 is 2.72 bits per heavy atom. The molecule has 0 heterocycles. The Hall–Kier alpha value is -1.50. The first kappa shape index (κ1) is 20.8. The van der Waals surface area contributed by atoms with E-state index < -0.39 is 11.6 Å². The highest BCUT2D eigenvalue weighted by molar-refractivity contribution is 5.96. The number of oxime groups is 2. The molecule has 4 fully saturated rings. The van der Waals surface area contributed by atoms with E-state index >= 15 is 0 Å². The van der Waals surface area contributed by atoms with E-state index in [1.54, 1.807) is 7.11 Å². The van der Waals surface area contributed by atoms with E-state index in [0.29, 0.717) is 31.4 Å². The van der Waals surface area contributed by atoms with E-state index in [1.165, 1.54) is 0 Å². The average Bonchev–Trinajstić information content (AvgIpc) is 2.93. The molecule has 4 saturated carbocycles. The van der Waals surface area contributed by atoms with E-state index in [-0.39, 0.29) is 23.0 Å². The summed E-state index contributed by atoms with van der Waals surface area (Å²) in [5, 5.41) is 8.76. The standard InChI is InChI=1S/C22H34FN3O3/c1-21-6-4-13(25-29-9-8-24)10-17(21)19(26-28-3)11-14-15(21)5-7-22(2)16(14)12-18(23)20(22)27/h14-18H,4-12,24H2,1-3H3/b25-13?,26-19+/t14?,15?,16?,17?,18?,21-,22+/m1/s1. The summed E-state index contributed by atoms with van der Waals surface area (Å²) in [7, 11) is 1.58. The lowest BCUT2D eigenvalue weighted by atomic mass is 9.45. The molecule has 0 aromatic carbocycles. The molecule has 0 amide bonds. The zero-order valence-corrected chi connectivity index (χ0v) is 17.8. The SMILES string of the molecule is CO/N=C1\CC2C(CC[C@]3(C)C(=O)C(F)CC23)[C@@]2(C)CCC(=NOCCN)CC12. The van der Waals surface area contributed by atoms with Crippen molar-refractivity contribution in [2.75, 3.05) is 20.3 Å². The molecule has 7 atom stereocenters. The van der Waals surface area contributed by atoms with Crippen LogP contribution in [0.5, 0.6) is 0 Å². The van der Waals surface area contributed by atoms with Crippen LogP contribution in [0.4, 0.5) is 4.39 Å². The van der Waals surface area contributed by atoms with Crippen LogP contribution in [0.1, 0.15) is 58.8 Å². The Balaban J connectivity index is 1.64. The molecule has 0 saturated heterocycles. The zero-order chi connectivity index (χ0) is 20.8. The highest BCUT2D eigenvalue weighted by Gasteiger charge is 2.63. The number of fused-ring (bicyclic) bond motifs is 5. The number of hydrogen-bond donors (Lipinski definition) is 1. The summed E-state index contributed by atoms with van der Waals surface area (Å²) in [4.78, 5) is 23.2. The first-order valence-corrected chi connectivity index (χ1v) is 11.0. The van der Waals surface area contributed by atoms with Gasteiger partial charge in [-0.25, -0.2) is 4.39 Å². The second-order valence-corrected chi connectivity index (χ2v) is 9.91. The second kappa shape index (κ2) is 7.64.